The fourth-order valence-corrected chi connectivity index (χ4v) is 3.04. The van der Waals surface area contributed by atoms with Gasteiger partial charge in [0.15, 0.2) is 0 Å². The molecule has 1 unspecified atom stereocenters. The predicted octanol–water partition coefficient (Wildman–Crippen LogP) is 2.33. The summed E-state index contributed by atoms with van der Waals surface area (Å²) in [6, 6.07) is 5.15. The summed E-state index contributed by atoms with van der Waals surface area (Å²) in [6.45, 7) is 2.04. The first-order valence-corrected chi connectivity index (χ1v) is 6.48. The van der Waals surface area contributed by atoms with Crippen LogP contribution in [0.5, 0.6) is 0 Å². The van der Waals surface area contributed by atoms with Crippen molar-refractivity contribution >= 4 is 11.8 Å². The van der Waals surface area contributed by atoms with Crippen molar-refractivity contribution in [2.75, 3.05) is 12.4 Å². The van der Waals surface area contributed by atoms with Crippen LogP contribution in [0.3, 0.4) is 0 Å². The van der Waals surface area contributed by atoms with Gasteiger partial charge in [0, 0.05) is 17.0 Å². The van der Waals surface area contributed by atoms with Crippen LogP contribution < -0.4 is 5.32 Å². The minimum atomic E-state index is -0.190. The highest BCUT2D eigenvalue weighted by molar-refractivity contribution is 7.99. The molecule has 2 nitrogen and oxygen atoms in total. The lowest BCUT2D eigenvalue weighted by atomic mass is 10.0. The van der Waals surface area contributed by atoms with E-state index in [1.807, 2.05) is 13.0 Å². The lowest BCUT2D eigenvalue weighted by Crippen LogP contribution is -2.34. The number of thioether (sulfide) groups is 1. The van der Waals surface area contributed by atoms with Crippen LogP contribution in [-0.2, 0) is 0 Å². The fourth-order valence-electron chi connectivity index (χ4n) is 1.93. The van der Waals surface area contributed by atoms with Gasteiger partial charge in [-0.15, -0.1) is 11.8 Å². The molecule has 1 aromatic carbocycles. The molecule has 2 atom stereocenters. The zero-order valence-corrected chi connectivity index (χ0v) is 10.1. The predicted molar refractivity (Wildman–Crippen MR) is 64.2 cm³/mol. The molecule has 2 N–H and O–H groups in total. The van der Waals surface area contributed by atoms with Gasteiger partial charge in [-0.3, -0.25) is 0 Å². The molecule has 1 aliphatic rings. The Morgan fingerprint density at radius 1 is 1.62 bits per heavy atom. The van der Waals surface area contributed by atoms with Crippen molar-refractivity contribution in [2.24, 2.45) is 0 Å². The van der Waals surface area contributed by atoms with Gasteiger partial charge in [-0.05, 0) is 42.9 Å². The average Bonchev–Trinajstić information content (AvgIpc) is 2.29. The molecule has 0 radical (unpaired) electrons. The van der Waals surface area contributed by atoms with Gasteiger partial charge in [0.1, 0.15) is 5.82 Å². The van der Waals surface area contributed by atoms with Gasteiger partial charge in [0.2, 0.25) is 0 Å². The van der Waals surface area contributed by atoms with Gasteiger partial charge in [-0.1, -0.05) is 0 Å². The third kappa shape index (κ3) is 2.56. The molecule has 0 fully saturated rings. The number of aliphatic hydroxyl groups excluding tert-OH is 1. The molecule has 2 rings (SSSR count). The third-order valence-corrected chi connectivity index (χ3v) is 3.89. The van der Waals surface area contributed by atoms with Gasteiger partial charge in [-0.2, -0.15) is 0 Å². The Morgan fingerprint density at radius 3 is 3.19 bits per heavy atom. The molecule has 1 aromatic rings. The van der Waals surface area contributed by atoms with Crippen LogP contribution in [0.4, 0.5) is 4.39 Å². The van der Waals surface area contributed by atoms with Crippen molar-refractivity contribution < 1.29 is 9.50 Å². The summed E-state index contributed by atoms with van der Waals surface area (Å²) < 4.78 is 13.2. The van der Waals surface area contributed by atoms with E-state index in [-0.39, 0.29) is 24.5 Å². The summed E-state index contributed by atoms with van der Waals surface area (Å²) in [7, 11) is 0. The summed E-state index contributed by atoms with van der Waals surface area (Å²) in [6.07, 6.45) is 0.978. The Morgan fingerprint density at radius 2 is 2.44 bits per heavy atom. The van der Waals surface area contributed by atoms with Crippen molar-refractivity contribution in [2.45, 2.75) is 30.3 Å². The van der Waals surface area contributed by atoms with Crippen molar-refractivity contribution in [3.05, 3.63) is 29.6 Å². The van der Waals surface area contributed by atoms with Crippen LogP contribution in [0.2, 0.25) is 0 Å². The van der Waals surface area contributed by atoms with Crippen molar-refractivity contribution in [1.29, 1.82) is 0 Å². The molecule has 0 aliphatic carbocycles. The van der Waals surface area contributed by atoms with Gasteiger partial charge in [-0.25, -0.2) is 4.39 Å². The average molecular weight is 241 g/mol. The number of fused-ring (bicyclic) bond motifs is 1. The highest BCUT2D eigenvalue weighted by atomic mass is 32.2. The molecule has 0 spiro atoms. The largest absolute Gasteiger partial charge is 0.395 e. The smallest absolute Gasteiger partial charge is 0.123 e. The number of aliphatic hydroxyl groups is 1. The zero-order valence-electron chi connectivity index (χ0n) is 9.24. The number of halogens is 1. The molecule has 4 heteroatoms. The Labute approximate surface area is 99.2 Å². The number of hydrogen-bond acceptors (Lipinski definition) is 3. The van der Waals surface area contributed by atoms with E-state index >= 15 is 0 Å². The molecule has 1 aliphatic heterocycles. The summed E-state index contributed by atoms with van der Waals surface area (Å²) in [5.41, 5.74) is 1.02. The summed E-state index contributed by atoms with van der Waals surface area (Å²) in [5.74, 6) is 0.846. The Balaban J connectivity index is 2.21. The number of benzene rings is 1. The van der Waals surface area contributed by atoms with E-state index < -0.39 is 0 Å². The maximum absolute atomic E-state index is 13.2. The van der Waals surface area contributed by atoms with E-state index in [9.17, 15) is 4.39 Å². The van der Waals surface area contributed by atoms with Crippen LogP contribution >= 0.6 is 11.8 Å². The van der Waals surface area contributed by atoms with Gasteiger partial charge in [0.05, 0.1) is 6.61 Å². The number of rotatable bonds is 3. The van der Waals surface area contributed by atoms with E-state index in [0.29, 0.717) is 0 Å². The van der Waals surface area contributed by atoms with E-state index in [1.54, 1.807) is 17.8 Å². The summed E-state index contributed by atoms with van der Waals surface area (Å²) in [5, 5.41) is 12.3. The van der Waals surface area contributed by atoms with E-state index in [2.05, 4.69) is 5.32 Å². The van der Waals surface area contributed by atoms with Crippen molar-refractivity contribution in [1.82, 2.24) is 5.32 Å². The number of hydrogen-bond donors (Lipinski definition) is 2. The first-order chi connectivity index (χ1) is 7.70. The zero-order chi connectivity index (χ0) is 11.5. The maximum atomic E-state index is 13.2. The molecule has 16 heavy (non-hydrogen) atoms. The van der Waals surface area contributed by atoms with E-state index in [0.717, 1.165) is 22.6 Å². The van der Waals surface area contributed by atoms with Gasteiger partial charge < -0.3 is 10.4 Å². The molecule has 88 valence electrons. The van der Waals surface area contributed by atoms with Gasteiger partial charge in [0.25, 0.3) is 0 Å². The standard InChI is InChI=1S/C12H16FNOS/c1-8(7-15)14-11-4-5-16-12-3-2-9(13)6-10(11)12/h2-3,6,8,11,14-15H,4-5,7H2,1H3/t8-,11?/m0/s1. The van der Waals surface area contributed by atoms with Crippen LogP contribution in [0, 0.1) is 5.82 Å². The summed E-state index contributed by atoms with van der Waals surface area (Å²) >= 11 is 1.77. The van der Waals surface area contributed by atoms with Crippen molar-refractivity contribution in [3.8, 4) is 0 Å². The van der Waals surface area contributed by atoms with Crippen LogP contribution in [0.1, 0.15) is 24.9 Å². The first kappa shape index (κ1) is 11.9. The Kier molecular flexibility index (Phi) is 3.84. The topological polar surface area (TPSA) is 32.3 Å². The summed E-state index contributed by atoms with van der Waals surface area (Å²) in [4.78, 5) is 1.15. The second-order valence-corrected chi connectivity index (χ2v) is 5.26. The monoisotopic (exact) mass is 241 g/mol. The minimum absolute atomic E-state index is 0.0456. The van der Waals surface area contributed by atoms with Crippen molar-refractivity contribution in [3.63, 3.8) is 0 Å². The molecular formula is C12H16FNOS. The maximum Gasteiger partial charge on any atom is 0.123 e. The second kappa shape index (κ2) is 5.17. The second-order valence-electron chi connectivity index (χ2n) is 4.12. The third-order valence-electron chi connectivity index (χ3n) is 2.77. The Hall–Kier alpha value is -0.580. The molecular weight excluding hydrogens is 225 g/mol. The fraction of sp³-hybridized carbons (Fsp3) is 0.500. The SMILES string of the molecule is C[C@@H](CO)NC1CCSc2ccc(F)cc21. The number of nitrogens with one attached hydrogen (secondary N) is 1. The van der Waals surface area contributed by atoms with E-state index in [4.69, 9.17) is 5.11 Å². The highest BCUT2D eigenvalue weighted by Gasteiger charge is 2.22. The quantitative estimate of drug-likeness (QED) is 0.852. The molecule has 0 bridgehead atoms. The van der Waals surface area contributed by atoms with Crippen LogP contribution in [0.15, 0.2) is 23.1 Å². The van der Waals surface area contributed by atoms with Crippen LogP contribution in [-0.4, -0.2) is 23.5 Å². The lowest BCUT2D eigenvalue weighted by Gasteiger charge is -2.28. The lowest BCUT2D eigenvalue weighted by molar-refractivity contribution is 0.239. The molecule has 1 heterocycles. The van der Waals surface area contributed by atoms with E-state index in [1.165, 1.54) is 6.07 Å². The Bertz CT molecular complexity index is 372. The van der Waals surface area contributed by atoms with Gasteiger partial charge >= 0.3 is 0 Å². The van der Waals surface area contributed by atoms with Crippen LogP contribution in [0.25, 0.3) is 0 Å². The normalized spacial score (nSPS) is 21.6. The first-order valence-electron chi connectivity index (χ1n) is 5.50. The minimum Gasteiger partial charge on any atom is -0.395 e. The molecule has 0 saturated carbocycles. The molecule has 0 aromatic heterocycles. The molecule has 0 amide bonds. The highest BCUT2D eigenvalue weighted by Crippen LogP contribution is 2.36. The molecule has 0 saturated heterocycles.